The molecule has 5 heteroatoms. The maximum Gasteiger partial charge on any atom is 0.265 e. The van der Waals surface area contributed by atoms with Gasteiger partial charge in [-0.05, 0) is 48.4 Å². The van der Waals surface area contributed by atoms with Gasteiger partial charge in [0, 0.05) is 5.69 Å². The van der Waals surface area contributed by atoms with Crippen LogP contribution in [0.1, 0.15) is 6.92 Å². The smallest absolute Gasteiger partial charge is 0.265 e. The second-order valence-corrected chi connectivity index (χ2v) is 6.18. The molecule has 3 aromatic rings. The van der Waals surface area contributed by atoms with Gasteiger partial charge in [-0.3, -0.25) is 4.79 Å². The third-order valence-electron chi connectivity index (χ3n) is 3.83. The first-order valence-electron chi connectivity index (χ1n) is 8.11. The van der Waals surface area contributed by atoms with Crippen molar-refractivity contribution in [1.82, 2.24) is 0 Å². The van der Waals surface area contributed by atoms with Crippen LogP contribution in [-0.4, -0.2) is 12.0 Å². The zero-order chi connectivity index (χ0) is 18.5. The van der Waals surface area contributed by atoms with E-state index in [1.54, 1.807) is 6.92 Å². The van der Waals surface area contributed by atoms with Gasteiger partial charge < -0.3 is 10.1 Å². The summed E-state index contributed by atoms with van der Waals surface area (Å²) in [5.74, 6) is -0.295. The van der Waals surface area contributed by atoms with E-state index in [2.05, 4.69) is 5.32 Å². The van der Waals surface area contributed by atoms with Crippen LogP contribution in [0.2, 0.25) is 5.02 Å². The lowest BCUT2D eigenvalue weighted by Gasteiger charge is -2.15. The van der Waals surface area contributed by atoms with E-state index in [9.17, 15) is 9.18 Å². The summed E-state index contributed by atoms with van der Waals surface area (Å²) in [5, 5.41) is 2.60. The van der Waals surface area contributed by atoms with Crippen molar-refractivity contribution in [2.45, 2.75) is 13.0 Å². The van der Waals surface area contributed by atoms with Crippen LogP contribution in [-0.2, 0) is 4.79 Å². The van der Waals surface area contributed by atoms with Crippen molar-refractivity contribution >= 4 is 23.2 Å². The zero-order valence-electron chi connectivity index (χ0n) is 14.1. The number of anilines is 1. The van der Waals surface area contributed by atoms with Crippen molar-refractivity contribution in [3.8, 4) is 16.9 Å². The van der Waals surface area contributed by atoms with Gasteiger partial charge in [-0.15, -0.1) is 0 Å². The van der Waals surface area contributed by atoms with Crippen LogP contribution in [0.3, 0.4) is 0 Å². The Bertz CT molecular complexity index is 898. The quantitative estimate of drug-likeness (QED) is 0.640. The Morgan fingerprint density at radius 2 is 1.65 bits per heavy atom. The highest BCUT2D eigenvalue weighted by molar-refractivity contribution is 6.31. The third-order valence-corrected chi connectivity index (χ3v) is 4.12. The summed E-state index contributed by atoms with van der Waals surface area (Å²) in [4.78, 5) is 12.2. The number of hydrogen-bond acceptors (Lipinski definition) is 2. The maximum absolute atomic E-state index is 13.2. The minimum atomic E-state index is -0.721. The standard InChI is InChI=1S/C21H17ClFNO2/c1-14(21(25)24-17-9-12-20(23)19(22)13-17)26-18-10-7-16(8-11-18)15-5-3-2-4-6-15/h2-14H,1H3,(H,24,25). The molecule has 1 atom stereocenters. The predicted octanol–water partition coefficient (Wildman–Crippen LogP) is 5.55. The maximum atomic E-state index is 13.2. The molecule has 1 N–H and O–H groups in total. The predicted molar refractivity (Wildman–Crippen MR) is 102 cm³/mol. The fourth-order valence-corrected chi connectivity index (χ4v) is 2.61. The first-order chi connectivity index (χ1) is 12.5. The van der Waals surface area contributed by atoms with E-state index in [0.29, 0.717) is 11.4 Å². The molecule has 0 saturated heterocycles. The summed E-state index contributed by atoms with van der Waals surface area (Å²) in [6, 6.07) is 21.5. The van der Waals surface area contributed by atoms with Crippen molar-refractivity contribution in [2.24, 2.45) is 0 Å². The number of carbonyl (C=O) groups is 1. The van der Waals surface area contributed by atoms with Gasteiger partial charge in [0.2, 0.25) is 0 Å². The van der Waals surface area contributed by atoms with Gasteiger partial charge in [-0.25, -0.2) is 4.39 Å². The highest BCUT2D eigenvalue weighted by atomic mass is 35.5. The molecule has 132 valence electrons. The second-order valence-electron chi connectivity index (χ2n) is 5.77. The average Bonchev–Trinajstić information content (AvgIpc) is 2.66. The topological polar surface area (TPSA) is 38.3 Å². The van der Waals surface area contributed by atoms with E-state index in [1.807, 2.05) is 54.6 Å². The minimum absolute atomic E-state index is 0.0483. The lowest BCUT2D eigenvalue weighted by atomic mass is 10.1. The second kappa shape index (κ2) is 8.02. The Kier molecular flexibility index (Phi) is 5.54. The average molecular weight is 370 g/mol. The Balaban J connectivity index is 1.62. The highest BCUT2D eigenvalue weighted by Crippen LogP contribution is 2.23. The van der Waals surface area contributed by atoms with Crippen molar-refractivity contribution in [1.29, 1.82) is 0 Å². The minimum Gasteiger partial charge on any atom is -0.481 e. The van der Waals surface area contributed by atoms with Gasteiger partial charge in [0.15, 0.2) is 6.10 Å². The van der Waals surface area contributed by atoms with Gasteiger partial charge in [0.05, 0.1) is 5.02 Å². The monoisotopic (exact) mass is 369 g/mol. The van der Waals surface area contributed by atoms with Gasteiger partial charge in [-0.2, -0.15) is 0 Å². The molecule has 0 heterocycles. The van der Waals surface area contributed by atoms with Crippen LogP contribution >= 0.6 is 11.6 Å². The Morgan fingerprint density at radius 3 is 2.31 bits per heavy atom. The molecule has 0 aliphatic heterocycles. The van der Waals surface area contributed by atoms with Crippen LogP contribution < -0.4 is 10.1 Å². The number of benzene rings is 3. The molecule has 3 rings (SSSR count). The van der Waals surface area contributed by atoms with E-state index in [-0.39, 0.29) is 10.9 Å². The van der Waals surface area contributed by atoms with Gasteiger partial charge in [0.25, 0.3) is 5.91 Å². The molecule has 0 spiro atoms. The molecular weight excluding hydrogens is 353 g/mol. The summed E-state index contributed by atoms with van der Waals surface area (Å²) in [6.45, 7) is 1.64. The van der Waals surface area contributed by atoms with Crippen LogP contribution in [0.4, 0.5) is 10.1 Å². The molecule has 0 bridgehead atoms. The Hall–Kier alpha value is -2.85. The summed E-state index contributed by atoms with van der Waals surface area (Å²) in [6.07, 6.45) is -0.721. The molecule has 0 aliphatic carbocycles. The molecule has 1 unspecified atom stereocenters. The fourth-order valence-electron chi connectivity index (χ4n) is 2.43. The summed E-state index contributed by atoms with van der Waals surface area (Å²) in [5.41, 5.74) is 2.59. The number of halogens is 2. The molecule has 1 amide bonds. The van der Waals surface area contributed by atoms with Gasteiger partial charge >= 0.3 is 0 Å². The Labute approximate surface area is 156 Å². The number of rotatable bonds is 5. The van der Waals surface area contributed by atoms with Crippen molar-refractivity contribution in [2.75, 3.05) is 5.32 Å². The summed E-state index contributed by atoms with van der Waals surface area (Å²) in [7, 11) is 0. The fraction of sp³-hybridized carbons (Fsp3) is 0.0952. The van der Waals surface area contributed by atoms with Gasteiger partial charge in [-0.1, -0.05) is 54.1 Å². The van der Waals surface area contributed by atoms with Crippen molar-refractivity contribution in [3.63, 3.8) is 0 Å². The molecule has 3 aromatic carbocycles. The molecule has 0 aromatic heterocycles. The summed E-state index contributed by atoms with van der Waals surface area (Å²) >= 11 is 5.71. The van der Waals surface area contributed by atoms with Crippen LogP contribution in [0.25, 0.3) is 11.1 Å². The van der Waals surface area contributed by atoms with Crippen LogP contribution in [0, 0.1) is 5.82 Å². The highest BCUT2D eigenvalue weighted by Gasteiger charge is 2.15. The lowest BCUT2D eigenvalue weighted by molar-refractivity contribution is -0.122. The molecule has 0 radical (unpaired) electrons. The molecule has 26 heavy (non-hydrogen) atoms. The number of carbonyl (C=O) groups excluding carboxylic acids is 1. The largest absolute Gasteiger partial charge is 0.481 e. The lowest BCUT2D eigenvalue weighted by Crippen LogP contribution is -2.30. The molecular formula is C21H17ClFNO2. The number of hydrogen-bond donors (Lipinski definition) is 1. The Morgan fingerprint density at radius 1 is 1.00 bits per heavy atom. The number of ether oxygens (including phenoxy) is 1. The normalized spacial score (nSPS) is 11.7. The molecule has 0 fully saturated rings. The first kappa shape index (κ1) is 18.0. The van der Waals surface area contributed by atoms with Crippen LogP contribution in [0.15, 0.2) is 72.8 Å². The zero-order valence-corrected chi connectivity index (χ0v) is 14.8. The number of nitrogens with one attached hydrogen (secondary N) is 1. The van der Waals surface area contributed by atoms with E-state index in [4.69, 9.17) is 16.3 Å². The van der Waals surface area contributed by atoms with E-state index in [1.165, 1.54) is 18.2 Å². The van der Waals surface area contributed by atoms with E-state index in [0.717, 1.165) is 11.1 Å². The molecule has 0 saturated carbocycles. The molecule has 0 aliphatic rings. The summed E-state index contributed by atoms with van der Waals surface area (Å²) < 4.78 is 18.8. The SMILES string of the molecule is CC(Oc1ccc(-c2ccccc2)cc1)C(=O)Nc1ccc(F)c(Cl)c1. The van der Waals surface area contributed by atoms with Gasteiger partial charge in [0.1, 0.15) is 11.6 Å². The molecule has 3 nitrogen and oxygen atoms in total. The van der Waals surface area contributed by atoms with E-state index < -0.39 is 11.9 Å². The van der Waals surface area contributed by atoms with Crippen molar-refractivity contribution < 1.29 is 13.9 Å². The van der Waals surface area contributed by atoms with Crippen molar-refractivity contribution in [3.05, 3.63) is 83.6 Å². The third kappa shape index (κ3) is 4.41. The first-order valence-corrected chi connectivity index (χ1v) is 8.49. The van der Waals surface area contributed by atoms with E-state index >= 15 is 0 Å². The van der Waals surface area contributed by atoms with Crippen LogP contribution in [0.5, 0.6) is 5.75 Å². The number of amides is 1.